The van der Waals surface area contributed by atoms with Crippen LogP contribution in [0.5, 0.6) is 11.5 Å². The molecule has 7 heteroatoms. The van der Waals surface area contributed by atoms with E-state index in [1.165, 1.54) is 6.26 Å². The van der Waals surface area contributed by atoms with Crippen LogP contribution in [0.15, 0.2) is 71.3 Å². The zero-order valence-corrected chi connectivity index (χ0v) is 15.8. The molecular formula is C22H20N2O5. The number of amides is 2. The Morgan fingerprint density at radius 2 is 1.79 bits per heavy atom. The molecule has 0 unspecified atom stereocenters. The Morgan fingerprint density at radius 1 is 1.03 bits per heavy atom. The number of carbonyl (C=O) groups excluding carboxylic acids is 2. The lowest BCUT2D eigenvalue weighted by atomic mass is 10.1. The third kappa shape index (κ3) is 4.08. The Labute approximate surface area is 167 Å². The number of ether oxygens (including phenoxy) is 2. The summed E-state index contributed by atoms with van der Waals surface area (Å²) in [4.78, 5) is 26.9. The van der Waals surface area contributed by atoms with Gasteiger partial charge in [-0.3, -0.25) is 9.59 Å². The van der Waals surface area contributed by atoms with Gasteiger partial charge in [0.25, 0.3) is 11.8 Å². The first-order valence-corrected chi connectivity index (χ1v) is 9.19. The quantitative estimate of drug-likeness (QED) is 0.719. The zero-order valence-electron chi connectivity index (χ0n) is 15.8. The fourth-order valence-electron chi connectivity index (χ4n) is 3.12. The smallest absolute Gasteiger partial charge is 0.291 e. The second-order valence-electron chi connectivity index (χ2n) is 6.66. The molecule has 1 aromatic heterocycles. The van der Waals surface area contributed by atoms with Gasteiger partial charge in [-0.05, 0) is 36.4 Å². The number of anilines is 1. The van der Waals surface area contributed by atoms with Crippen LogP contribution in [0.25, 0.3) is 0 Å². The summed E-state index contributed by atoms with van der Waals surface area (Å²) in [6, 6.07) is 17.5. The topological polar surface area (TPSA) is 81.0 Å². The number of hydrogen-bond donors (Lipinski definition) is 1. The van der Waals surface area contributed by atoms with Gasteiger partial charge in [-0.1, -0.05) is 24.3 Å². The van der Waals surface area contributed by atoms with Gasteiger partial charge in [0.1, 0.15) is 6.61 Å². The Balaban J connectivity index is 1.45. The molecule has 0 saturated carbocycles. The predicted molar refractivity (Wildman–Crippen MR) is 106 cm³/mol. The number of likely N-dealkylation sites (N-methyl/N-ethyl adjacent to an activating group) is 1. The highest BCUT2D eigenvalue weighted by molar-refractivity contribution is 6.07. The van der Waals surface area contributed by atoms with E-state index in [0.717, 1.165) is 0 Å². The van der Waals surface area contributed by atoms with Crippen LogP contribution in [0.3, 0.4) is 0 Å². The van der Waals surface area contributed by atoms with E-state index < -0.39 is 5.91 Å². The molecule has 1 N–H and O–H groups in total. The Kier molecular flexibility index (Phi) is 5.20. The lowest BCUT2D eigenvalue weighted by Gasteiger charge is -2.29. The Hall–Kier alpha value is -3.74. The average Bonchev–Trinajstić information content (AvgIpc) is 3.29. The van der Waals surface area contributed by atoms with E-state index in [4.69, 9.17) is 13.9 Å². The van der Waals surface area contributed by atoms with Crippen molar-refractivity contribution in [2.45, 2.75) is 6.10 Å². The number of para-hydroxylation sites is 3. The first-order valence-electron chi connectivity index (χ1n) is 9.19. The highest BCUT2D eigenvalue weighted by Gasteiger charge is 2.25. The fraction of sp³-hybridized carbons (Fsp3) is 0.182. The number of nitrogens with zero attached hydrogens (tertiary/aromatic N) is 1. The van der Waals surface area contributed by atoms with Crippen LogP contribution in [0.4, 0.5) is 5.69 Å². The number of furan rings is 1. The van der Waals surface area contributed by atoms with E-state index in [2.05, 4.69) is 5.32 Å². The van der Waals surface area contributed by atoms with Gasteiger partial charge >= 0.3 is 0 Å². The molecule has 1 atom stereocenters. The normalized spacial score (nSPS) is 14.9. The van der Waals surface area contributed by atoms with E-state index in [-0.39, 0.29) is 17.8 Å². The van der Waals surface area contributed by atoms with E-state index in [1.807, 2.05) is 24.3 Å². The van der Waals surface area contributed by atoms with Crippen molar-refractivity contribution in [1.82, 2.24) is 4.90 Å². The minimum atomic E-state index is -0.418. The molecule has 2 aromatic carbocycles. The van der Waals surface area contributed by atoms with Gasteiger partial charge < -0.3 is 24.1 Å². The largest absolute Gasteiger partial charge is 0.486 e. The number of fused-ring (bicyclic) bond motifs is 1. The summed E-state index contributed by atoms with van der Waals surface area (Å²) >= 11 is 0. The Bertz CT molecular complexity index is 1020. The van der Waals surface area contributed by atoms with Crippen LogP contribution in [-0.2, 0) is 0 Å². The molecule has 2 amide bonds. The average molecular weight is 392 g/mol. The van der Waals surface area contributed by atoms with E-state index >= 15 is 0 Å². The molecule has 7 nitrogen and oxygen atoms in total. The molecule has 0 bridgehead atoms. The molecule has 148 valence electrons. The highest BCUT2D eigenvalue weighted by Crippen LogP contribution is 2.31. The maximum absolute atomic E-state index is 13.0. The number of hydrogen-bond acceptors (Lipinski definition) is 5. The van der Waals surface area contributed by atoms with Gasteiger partial charge in [0.2, 0.25) is 0 Å². The standard InChI is InChI=1S/C22H20N2O5/c1-24(13-15-14-28-18-9-4-5-10-19(18)29-15)22(26)16-7-2-3-8-17(16)23-21(25)20-11-6-12-27-20/h2-12,15H,13-14H2,1H3,(H,23,25)/t15-/m0/s1. The van der Waals surface area contributed by atoms with E-state index in [1.54, 1.807) is 48.3 Å². The van der Waals surface area contributed by atoms with Crippen molar-refractivity contribution in [1.29, 1.82) is 0 Å². The third-order valence-corrected chi connectivity index (χ3v) is 4.54. The molecule has 0 fully saturated rings. The summed E-state index contributed by atoms with van der Waals surface area (Å²) in [5.41, 5.74) is 0.795. The maximum Gasteiger partial charge on any atom is 0.291 e. The second kappa shape index (κ2) is 8.10. The van der Waals surface area contributed by atoms with Crippen molar-refractivity contribution >= 4 is 17.5 Å². The molecule has 0 saturated heterocycles. The van der Waals surface area contributed by atoms with Crippen LogP contribution in [0, 0.1) is 0 Å². The number of benzene rings is 2. The monoisotopic (exact) mass is 392 g/mol. The fourth-order valence-corrected chi connectivity index (χ4v) is 3.12. The molecule has 1 aliphatic rings. The second-order valence-corrected chi connectivity index (χ2v) is 6.66. The first-order chi connectivity index (χ1) is 14.1. The van der Waals surface area contributed by atoms with Crippen molar-refractivity contribution in [2.24, 2.45) is 0 Å². The van der Waals surface area contributed by atoms with Crippen LogP contribution >= 0.6 is 0 Å². The molecule has 4 rings (SSSR count). The molecule has 0 radical (unpaired) electrons. The van der Waals surface area contributed by atoms with Gasteiger partial charge in [-0.25, -0.2) is 0 Å². The van der Waals surface area contributed by atoms with Crippen molar-refractivity contribution < 1.29 is 23.5 Å². The lowest BCUT2D eigenvalue weighted by Crippen LogP contribution is -2.42. The van der Waals surface area contributed by atoms with E-state index in [9.17, 15) is 9.59 Å². The van der Waals surface area contributed by atoms with Crippen molar-refractivity contribution in [3.05, 3.63) is 78.3 Å². The van der Waals surface area contributed by atoms with Crippen LogP contribution in [-0.4, -0.2) is 43.0 Å². The molecule has 1 aliphatic heterocycles. The number of carbonyl (C=O) groups is 2. The van der Waals surface area contributed by atoms with Gasteiger partial charge in [0.15, 0.2) is 23.4 Å². The van der Waals surface area contributed by atoms with E-state index in [0.29, 0.717) is 35.9 Å². The van der Waals surface area contributed by atoms with Gasteiger partial charge in [0, 0.05) is 7.05 Å². The zero-order chi connectivity index (χ0) is 20.2. The van der Waals surface area contributed by atoms with Crippen LogP contribution < -0.4 is 14.8 Å². The van der Waals surface area contributed by atoms with Crippen LogP contribution in [0.2, 0.25) is 0 Å². The third-order valence-electron chi connectivity index (χ3n) is 4.54. The molecule has 29 heavy (non-hydrogen) atoms. The first kappa shape index (κ1) is 18.6. The summed E-state index contributed by atoms with van der Waals surface area (Å²) in [5, 5.41) is 2.73. The van der Waals surface area contributed by atoms with Crippen molar-refractivity contribution in [2.75, 3.05) is 25.5 Å². The predicted octanol–water partition coefficient (Wildman–Crippen LogP) is 3.44. The summed E-state index contributed by atoms with van der Waals surface area (Å²) in [7, 11) is 1.69. The van der Waals surface area contributed by atoms with Crippen LogP contribution in [0.1, 0.15) is 20.9 Å². The summed E-state index contributed by atoms with van der Waals surface area (Å²) in [6.45, 7) is 0.694. The summed E-state index contributed by atoms with van der Waals surface area (Å²) < 4.78 is 16.7. The number of nitrogens with one attached hydrogen (secondary N) is 1. The maximum atomic E-state index is 13.0. The van der Waals surface area contributed by atoms with Gasteiger partial charge in [-0.15, -0.1) is 0 Å². The Morgan fingerprint density at radius 3 is 2.59 bits per heavy atom. The molecule has 3 aromatic rings. The van der Waals surface area contributed by atoms with Gasteiger partial charge in [-0.2, -0.15) is 0 Å². The summed E-state index contributed by atoms with van der Waals surface area (Å²) in [6.07, 6.45) is 1.13. The minimum absolute atomic E-state index is 0.173. The van der Waals surface area contributed by atoms with Crippen molar-refractivity contribution in [3.63, 3.8) is 0 Å². The lowest BCUT2D eigenvalue weighted by molar-refractivity contribution is 0.0521. The summed E-state index contributed by atoms with van der Waals surface area (Å²) in [5.74, 6) is 0.882. The number of rotatable bonds is 5. The highest BCUT2D eigenvalue weighted by atomic mass is 16.6. The van der Waals surface area contributed by atoms with Gasteiger partial charge in [0.05, 0.1) is 24.1 Å². The molecule has 0 aliphatic carbocycles. The SMILES string of the molecule is CN(C[C@H]1COc2ccccc2O1)C(=O)c1ccccc1NC(=O)c1ccco1. The van der Waals surface area contributed by atoms with Crippen molar-refractivity contribution in [3.8, 4) is 11.5 Å². The molecule has 2 heterocycles. The molecule has 0 spiro atoms. The molecular weight excluding hydrogens is 372 g/mol. The minimum Gasteiger partial charge on any atom is -0.486 e.